The Bertz CT molecular complexity index is 480. The molecule has 20 heavy (non-hydrogen) atoms. The predicted molar refractivity (Wildman–Crippen MR) is 81.3 cm³/mol. The van der Waals surface area contributed by atoms with Gasteiger partial charge in [-0.25, -0.2) is 0 Å². The lowest BCUT2D eigenvalue weighted by Crippen LogP contribution is -2.39. The van der Waals surface area contributed by atoms with Gasteiger partial charge in [0.15, 0.2) is 0 Å². The molecule has 1 aliphatic rings. The maximum atomic E-state index is 9.28. The minimum absolute atomic E-state index is 0.470. The van der Waals surface area contributed by atoms with Crippen LogP contribution in [-0.2, 0) is 4.74 Å². The topological polar surface area (TPSA) is 48.3 Å². The minimum Gasteiger partial charge on any atom is -0.383 e. The number of nitriles is 1. The monoisotopic (exact) mass is 293 g/mol. The van der Waals surface area contributed by atoms with Crippen LogP contribution in [0.25, 0.3) is 0 Å². The number of anilines is 1. The Kier molecular flexibility index (Phi) is 5.66. The van der Waals surface area contributed by atoms with Gasteiger partial charge in [0.1, 0.15) is 6.07 Å². The van der Waals surface area contributed by atoms with Crippen molar-refractivity contribution in [2.24, 2.45) is 0 Å². The lowest BCUT2D eigenvalue weighted by Gasteiger charge is -2.28. The Labute approximate surface area is 125 Å². The van der Waals surface area contributed by atoms with Crippen LogP contribution in [0, 0.1) is 11.3 Å². The van der Waals surface area contributed by atoms with Gasteiger partial charge < -0.3 is 15.0 Å². The average molecular weight is 294 g/mol. The van der Waals surface area contributed by atoms with Crippen LogP contribution in [0.4, 0.5) is 5.69 Å². The van der Waals surface area contributed by atoms with Gasteiger partial charge in [0.05, 0.1) is 17.9 Å². The molecule has 0 spiro atoms. The second-order valence-electron chi connectivity index (χ2n) is 5.01. The summed E-state index contributed by atoms with van der Waals surface area (Å²) in [6, 6.07) is 8.11. The molecule has 4 nitrogen and oxygen atoms in total. The number of benzene rings is 1. The molecule has 1 atom stereocenters. The second kappa shape index (κ2) is 7.49. The van der Waals surface area contributed by atoms with E-state index in [9.17, 15) is 5.26 Å². The van der Waals surface area contributed by atoms with Gasteiger partial charge in [-0.3, -0.25) is 0 Å². The van der Waals surface area contributed by atoms with Gasteiger partial charge in [-0.1, -0.05) is 11.6 Å². The van der Waals surface area contributed by atoms with E-state index in [4.69, 9.17) is 16.3 Å². The Balaban J connectivity index is 2.20. The second-order valence-corrected chi connectivity index (χ2v) is 5.44. The summed E-state index contributed by atoms with van der Waals surface area (Å²) < 4.78 is 5.18. The van der Waals surface area contributed by atoms with E-state index in [1.165, 1.54) is 12.8 Å². The zero-order valence-electron chi connectivity index (χ0n) is 11.7. The normalized spacial score (nSPS) is 17.9. The van der Waals surface area contributed by atoms with Crippen molar-refractivity contribution in [3.8, 4) is 6.07 Å². The molecular weight excluding hydrogens is 274 g/mol. The number of ether oxygens (including phenoxy) is 1. The fourth-order valence-electron chi connectivity index (χ4n) is 2.55. The van der Waals surface area contributed by atoms with Crippen molar-refractivity contribution in [1.29, 1.82) is 5.26 Å². The summed E-state index contributed by atoms with van der Waals surface area (Å²) in [5, 5.41) is 13.4. The first-order chi connectivity index (χ1) is 9.74. The predicted octanol–water partition coefficient (Wildman–Crippen LogP) is 2.42. The van der Waals surface area contributed by atoms with Gasteiger partial charge >= 0.3 is 0 Å². The highest BCUT2D eigenvalue weighted by Crippen LogP contribution is 2.25. The van der Waals surface area contributed by atoms with Gasteiger partial charge in [-0.05, 0) is 37.6 Å². The van der Waals surface area contributed by atoms with E-state index in [0.717, 1.165) is 25.3 Å². The molecule has 1 N–H and O–H groups in total. The van der Waals surface area contributed by atoms with Crippen molar-refractivity contribution in [2.45, 2.75) is 18.9 Å². The van der Waals surface area contributed by atoms with E-state index in [1.807, 2.05) is 6.07 Å². The van der Waals surface area contributed by atoms with Crippen LogP contribution in [0.2, 0.25) is 5.02 Å². The van der Waals surface area contributed by atoms with Crippen LogP contribution in [-0.4, -0.2) is 39.4 Å². The first-order valence-corrected chi connectivity index (χ1v) is 7.29. The number of nitrogens with one attached hydrogen (secondary N) is 1. The number of hydrogen-bond acceptors (Lipinski definition) is 4. The molecule has 0 aliphatic carbocycles. The third-order valence-electron chi connectivity index (χ3n) is 3.59. The van der Waals surface area contributed by atoms with E-state index >= 15 is 0 Å². The fourth-order valence-corrected chi connectivity index (χ4v) is 2.72. The molecular formula is C15H20ClN3O. The zero-order chi connectivity index (χ0) is 14.4. The van der Waals surface area contributed by atoms with Crippen molar-refractivity contribution in [3.05, 3.63) is 28.8 Å². The van der Waals surface area contributed by atoms with Crippen LogP contribution in [0.15, 0.2) is 18.2 Å². The van der Waals surface area contributed by atoms with Crippen LogP contribution < -0.4 is 10.2 Å². The summed E-state index contributed by atoms with van der Waals surface area (Å²) in [6.07, 6.45) is 2.38. The quantitative estimate of drug-likeness (QED) is 0.875. The van der Waals surface area contributed by atoms with E-state index < -0.39 is 0 Å². The number of rotatable bonds is 6. The van der Waals surface area contributed by atoms with Gasteiger partial charge in [-0.2, -0.15) is 5.26 Å². The first kappa shape index (κ1) is 15.1. The van der Waals surface area contributed by atoms with Gasteiger partial charge in [0.25, 0.3) is 0 Å². The van der Waals surface area contributed by atoms with Crippen molar-refractivity contribution in [1.82, 2.24) is 5.32 Å². The van der Waals surface area contributed by atoms with Crippen LogP contribution in [0.1, 0.15) is 18.4 Å². The number of hydrogen-bond donors (Lipinski definition) is 1. The molecule has 1 aliphatic heterocycles. The molecule has 2 rings (SSSR count). The van der Waals surface area contributed by atoms with Crippen LogP contribution in [0.3, 0.4) is 0 Å². The fraction of sp³-hybridized carbons (Fsp3) is 0.533. The molecule has 1 unspecified atom stereocenters. The minimum atomic E-state index is 0.470. The molecule has 1 aromatic carbocycles. The number of methoxy groups -OCH3 is 1. The maximum absolute atomic E-state index is 9.28. The van der Waals surface area contributed by atoms with Gasteiger partial charge in [0, 0.05) is 31.3 Å². The molecule has 1 heterocycles. The standard InChI is InChI=1S/C15H20ClN3O/c1-20-8-7-19(11-14-3-2-6-18-14)15-9-13(16)5-4-12(15)10-17/h4-5,9,14,18H,2-3,6-8,11H2,1H3. The van der Waals surface area contributed by atoms with Crippen molar-refractivity contribution in [2.75, 3.05) is 38.3 Å². The van der Waals surface area contributed by atoms with Crippen LogP contribution >= 0.6 is 11.6 Å². The Hall–Kier alpha value is -1.28. The van der Waals surface area contributed by atoms with Crippen LogP contribution in [0.5, 0.6) is 0 Å². The number of nitrogens with zero attached hydrogens (tertiary/aromatic N) is 2. The molecule has 1 aromatic rings. The van der Waals surface area contributed by atoms with E-state index in [2.05, 4.69) is 16.3 Å². The summed E-state index contributed by atoms with van der Waals surface area (Å²) in [6.45, 7) is 3.33. The summed E-state index contributed by atoms with van der Waals surface area (Å²) in [7, 11) is 1.69. The van der Waals surface area contributed by atoms with E-state index in [1.54, 1.807) is 19.2 Å². The summed E-state index contributed by atoms with van der Waals surface area (Å²) >= 11 is 6.09. The lowest BCUT2D eigenvalue weighted by molar-refractivity contribution is 0.204. The summed E-state index contributed by atoms with van der Waals surface area (Å²) in [5.41, 5.74) is 1.55. The third kappa shape index (κ3) is 3.86. The van der Waals surface area contributed by atoms with E-state index in [-0.39, 0.29) is 0 Å². The third-order valence-corrected chi connectivity index (χ3v) is 3.82. The Morgan fingerprint density at radius 2 is 2.40 bits per heavy atom. The van der Waals surface area contributed by atoms with Crippen molar-refractivity contribution >= 4 is 17.3 Å². The molecule has 0 saturated carbocycles. The molecule has 108 valence electrons. The summed E-state index contributed by atoms with van der Waals surface area (Å²) in [5.74, 6) is 0. The highest BCUT2D eigenvalue weighted by Gasteiger charge is 2.20. The highest BCUT2D eigenvalue weighted by atomic mass is 35.5. The largest absolute Gasteiger partial charge is 0.383 e. The Morgan fingerprint density at radius 1 is 1.55 bits per heavy atom. The number of halogens is 1. The molecule has 1 saturated heterocycles. The Morgan fingerprint density at radius 3 is 3.05 bits per heavy atom. The van der Waals surface area contributed by atoms with E-state index in [0.29, 0.717) is 23.2 Å². The molecule has 0 amide bonds. The molecule has 0 bridgehead atoms. The van der Waals surface area contributed by atoms with Crippen molar-refractivity contribution < 1.29 is 4.74 Å². The maximum Gasteiger partial charge on any atom is 0.101 e. The molecule has 5 heteroatoms. The van der Waals surface area contributed by atoms with Gasteiger partial charge in [-0.15, -0.1) is 0 Å². The highest BCUT2D eigenvalue weighted by molar-refractivity contribution is 6.30. The van der Waals surface area contributed by atoms with Gasteiger partial charge in [0.2, 0.25) is 0 Å². The SMILES string of the molecule is COCCN(CC1CCCN1)c1cc(Cl)ccc1C#N. The molecule has 0 radical (unpaired) electrons. The summed E-state index contributed by atoms with van der Waals surface area (Å²) in [4.78, 5) is 2.19. The lowest BCUT2D eigenvalue weighted by atomic mass is 10.1. The average Bonchev–Trinajstić information content (AvgIpc) is 2.96. The zero-order valence-corrected chi connectivity index (χ0v) is 12.5. The molecule has 1 fully saturated rings. The smallest absolute Gasteiger partial charge is 0.101 e. The van der Waals surface area contributed by atoms with Crippen molar-refractivity contribution in [3.63, 3.8) is 0 Å². The molecule has 0 aromatic heterocycles. The first-order valence-electron chi connectivity index (χ1n) is 6.91.